The molecule has 0 aliphatic carbocycles. The van der Waals surface area contributed by atoms with Gasteiger partial charge in [0.05, 0.1) is 28.5 Å². The van der Waals surface area contributed by atoms with Crippen molar-refractivity contribution in [1.82, 2.24) is 0 Å². The summed E-state index contributed by atoms with van der Waals surface area (Å²) in [7, 11) is 0.450. The molecule has 2 rings (SSSR count). The molecule has 0 saturated carbocycles. The summed E-state index contributed by atoms with van der Waals surface area (Å²) in [6.45, 7) is 0. The third kappa shape index (κ3) is 2.02. The summed E-state index contributed by atoms with van der Waals surface area (Å²) in [5.74, 6) is 0.925. The second-order valence-corrected chi connectivity index (χ2v) is 4.75. The maximum absolute atomic E-state index is 11.7. The van der Waals surface area contributed by atoms with Crippen LogP contribution in [0.1, 0.15) is 6.42 Å². The van der Waals surface area contributed by atoms with Gasteiger partial charge in [-0.2, -0.15) is 0 Å². The number of amides is 1. The van der Waals surface area contributed by atoms with Gasteiger partial charge < -0.3 is 10.1 Å². The van der Waals surface area contributed by atoms with Gasteiger partial charge in [0.2, 0.25) is 5.91 Å². The van der Waals surface area contributed by atoms with Crippen molar-refractivity contribution in [2.75, 3.05) is 18.2 Å². The highest BCUT2D eigenvalue weighted by molar-refractivity contribution is 7.85. The van der Waals surface area contributed by atoms with Crippen molar-refractivity contribution in [3.63, 3.8) is 0 Å². The third-order valence-corrected chi connectivity index (χ3v) is 3.64. The minimum atomic E-state index is -1.10. The fraction of sp³-hybridized carbons (Fsp3) is 0.300. The van der Waals surface area contributed by atoms with Gasteiger partial charge in [0.15, 0.2) is 0 Å². The van der Waals surface area contributed by atoms with Crippen LogP contribution >= 0.6 is 0 Å². The second-order valence-electron chi connectivity index (χ2n) is 3.21. The molecule has 1 aliphatic heterocycles. The summed E-state index contributed by atoms with van der Waals surface area (Å²) in [6.07, 6.45) is 0.295. The molecule has 0 bridgehead atoms. The van der Waals surface area contributed by atoms with E-state index >= 15 is 0 Å². The molecule has 1 aliphatic rings. The maximum Gasteiger partial charge on any atom is 0.225 e. The van der Waals surface area contributed by atoms with E-state index in [1.807, 2.05) is 0 Å². The maximum atomic E-state index is 11.7. The molecule has 0 radical (unpaired) electrons. The van der Waals surface area contributed by atoms with Crippen molar-refractivity contribution in [2.24, 2.45) is 0 Å². The van der Waals surface area contributed by atoms with Crippen LogP contribution in [0, 0.1) is 0 Å². The minimum absolute atomic E-state index is 0.102. The van der Waals surface area contributed by atoms with Gasteiger partial charge in [-0.15, -0.1) is 0 Å². The molecular formula is C10H11NO3S. The van der Waals surface area contributed by atoms with E-state index in [0.29, 0.717) is 28.5 Å². The average molecular weight is 225 g/mol. The molecule has 1 atom stereocenters. The van der Waals surface area contributed by atoms with Crippen LogP contribution in [-0.2, 0) is 15.6 Å². The smallest absolute Gasteiger partial charge is 0.225 e. The van der Waals surface area contributed by atoms with Crippen molar-refractivity contribution < 1.29 is 13.7 Å². The molecule has 1 unspecified atom stereocenters. The predicted molar refractivity (Wildman–Crippen MR) is 57.5 cm³/mol. The first-order valence-electron chi connectivity index (χ1n) is 4.57. The fourth-order valence-corrected chi connectivity index (χ4v) is 2.61. The first-order chi connectivity index (χ1) is 7.20. The summed E-state index contributed by atoms with van der Waals surface area (Å²) < 4.78 is 16.8. The van der Waals surface area contributed by atoms with Crippen molar-refractivity contribution in [3.05, 3.63) is 18.2 Å². The van der Waals surface area contributed by atoms with E-state index in [0.717, 1.165) is 0 Å². The molecule has 1 amide bonds. The lowest BCUT2D eigenvalue weighted by Gasteiger charge is -2.07. The van der Waals surface area contributed by atoms with Crippen LogP contribution in [0.4, 0.5) is 5.69 Å². The van der Waals surface area contributed by atoms with Gasteiger partial charge in [-0.25, -0.2) is 0 Å². The molecule has 1 N–H and O–H groups in total. The molecule has 0 saturated heterocycles. The summed E-state index contributed by atoms with van der Waals surface area (Å²) >= 11 is 0. The van der Waals surface area contributed by atoms with Gasteiger partial charge in [0, 0.05) is 18.2 Å². The fourth-order valence-electron chi connectivity index (χ4n) is 1.44. The lowest BCUT2D eigenvalue weighted by molar-refractivity contribution is -0.115. The first kappa shape index (κ1) is 10.2. The summed E-state index contributed by atoms with van der Waals surface area (Å²) in [6, 6.07) is 5.17. The number of carbonyl (C=O) groups is 1. The van der Waals surface area contributed by atoms with Crippen molar-refractivity contribution in [2.45, 2.75) is 11.3 Å². The highest BCUT2D eigenvalue weighted by atomic mass is 32.2. The molecule has 15 heavy (non-hydrogen) atoms. The molecule has 80 valence electrons. The Morgan fingerprint density at radius 1 is 1.47 bits per heavy atom. The number of methoxy groups -OCH3 is 1. The van der Waals surface area contributed by atoms with Gasteiger partial charge in [0.1, 0.15) is 5.75 Å². The van der Waals surface area contributed by atoms with Crippen LogP contribution in [-0.4, -0.2) is 23.0 Å². The van der Waals surface area contributed by atoms with E-state index in [-0.39, 0.29) is 5.91 Å². The predicted octanol–water partition coefficient (Wildman–Crippen LogP) is 1.14. The minimum Gasteiger partial charge on any atom is -0.497 e. The lowest BCUT2D eigenvalue weighted by atomic mass is 10.3. The molecule has 0 spiro atoms. The van der Waals surface area contributed by atoms with Gasteiger partial charge in [-0.05, 0) is 12.1 Å². The second kappa shape index (κ2) is 4.02. The molecule has 1 aromatic rings. The number of nitrogens with one attached hydrogen (secondary N) is 1. The topological polar surface area (TPSA) is 55.4 Å². The monoisotopic (exact) mass is 225 g/mol. The van der Waals surface area contributed by atoms with Crippen molar-refractivity contribution >= 4 is 22.4 Å². The largest absolute Gasteiger partial charge is 0.497 e. The van der Waals surface area contributed by atoms with E-state index in [4.69, 9.17) is 4.74 Å². The molecule has 4 nitrogen and oxygen atoms in total. The number of hydrogen-bond donors (Lipinski definition) is 1. The molecule has 1 heterocycles. The SMILES string of the molecule is COc1ccc2c(c1)NC(=O)CCS2=O. The van der Waals surface area contributed by atoms with E-state index in [1.165, 1.54) is 0 Å². The van der Waals surface area contributed by atoms with Crippen LogP contribution in [0.5, 0.6) is 5.75 Å². The summed E-state index contributed by atoms with van der Waals surface area (Å²) in [5.41, 5.74) is 0.593. The Kier molecular flexibility index (Phi) is 2.73. The van der Waals surface area contributed by atoms with Crippen LogP contribution in [0.2, 0.25) is 0 Å². The van der Waals surface area contributed by atoms with Gasteiger partial charge in [0.25, 0.3) is 0 Å². The van der Waals surface area contributed by atoms with Gasteiger partial charge in [-0.1, -0.05) is 0 Å². The zero-order valence-corrected chi connectivity index (χ0v) is 9.10. The quantitative estimate of drug-likeness (QED) is 0.780. The van der Waals surface area contributed by atoms with E-state index < -0.39 is 10.8 Å². The summed E-state index contributed by atoms with van der Waals surface area (Å²) in [5, 5.41) is 2.72. The van der Waals surface area contributed by atoms with Crippen LogP contribution in [0.3, 0.4) is 0 Å². The molecule has 0 fully saturated rings. The number of benzene rings is 1. The average Bonchev–Trinajstić information content (AvgIpc) is 2.38. The normalized spacial score (nSPS) is 20.1. The van der Waals surface area contributed by atoms with E-state index in [2.05, 4.69) is 5.32 Å². The Morgan fingerprint density at radius 3 is 3.00 bits per heavy atom. The number of carbonyl (C=O) groups excluding carboxylic acids is 1. The van der Waals surface area contributed by atoms with E-state index in [1.54, 1.807) is 25.3 Å². The Balaban J connectivity index is 2.47. The van der Waals surface area contributed by atoms with Crippen LogP contribution < -0.4 is 10.1 Å². The number of rotatable bonds is 1. The van der Waals surface area contributed by atoms with Crippen LogP contribution in [0.15, 0.2) is 23.1 Å². The van der Waals surface area contributed by atoms with E-state index in [9.17, 15) is 9.00 Å². The molecular weight excluding hydrogens is 214 g/mol. The highest BCUT2D eigenvalue weighted by Gasteiger charge is 2.18. The Bertz CT molecular complexity index is 431. The number of fused-ring (bicyclic) bond motifs is 1. The zero-order valence-electron chi connectivity index (χ0n) is 8.28. The van der Waals surface area contributed by atoms with Gasteiger partial charge in [-0.3, -0.25) is 9.00 Å². The van der Waals surface area contributed by atoms with Gasteiger partial charge >= 0.3 is 0 Å². The number of ether oxygens (including phenoxy) is 1. The number of anilines is 1. The molecule has 0 aromatic heterocycles. The number of hydrogen-bond acceptors (Lipinski definition) is 3. The first-order valence-corrected chi connectivity index (χ1v) is 5.89. The standard InChI is InChI=1S/C10H11NO3S/c1-14-7-2-3-9-8(6-7)11-10(12)4-5-15(9)13/h2-3,6H,4-5H2,1H3,(H,11,12). The molecule has 1 aromatic carbocycles. The lowest BCUT2D eigenvalue weighted by Crippen LogP contribution is -2.10. The Labute approximate surface area is 90.1 Å². The Hall–Kier alpha value is -1.36. The summed E-state index contributed by atoms with van der Waals surface area (Å²) in [4.78, 5) is 12.0. The Morgan fingerprint density at radius 2 is 2.27 bits per heavy atom. The zero-order chi connectivity index (χ0) is 10.8. The van der Waals surface area contributed by atoms with Crippen molar-refractivity contribution in [3.8, 4) is 5.75 Å². The van der Waals surface area contributed by atoms with Crippen molar-refractivity contribution in [1.29, 1.82) is 0 Å². The van der Waals surface area contributed by atoms with Crippen LogP contribution in [0.25, 0.3) is 0 Å². The third-order valence-electron chi connectivity index (χ3n) is 2.22. The highest BCUT2D eigenvalue weighted by Crippen LogP contribution is 2.27. The molecule has 5 heteroatoms.